The average Bonchev–Trinajstić information content (AvgIpc) is 3.43. The van der Waals surface area contributed by atoms with Crippen molar-refractivity contribution in [1.29, 1.82) is 0 Å². The molecule has 0 radical (unpaired) electrons. The molecule has 2 aromatic heterocycles. The zero-order valence-corrected chi connectivity index (χ0v) is 16.8. The summed E-state index contributed by atoms with van der Waals surface area (Å²) in [6, 6.07) is 7.41. The van der Waals surface area contributed by atoms with E-state index in [0.29, 0.717) is 28.9 Å². The number of aromatic nitrogens is 2. The third-order valence-corrected chi connectivity index (χ3v) is 5.40. The number of nitrogens with one attached hydrogen (secondary N) is 1. The standard InChI is InChI=1S/C18H16N6O2S2/c1-3-26-14-7-5-4-6-12(14)21-22-15-11(2)23-24(17(15)25)18-20-13(10-28-18)16-19-8-9-27-16/h4-10,21H,3H2,1-2H3/b22-15+. The smallest absolute Gasteiger partial charge is 0.303 e. The van der Waals surface area contributed by atoms with Gasteiger partial charge in [-0.3, -0.25) is 10.2 Å². The SMILES string of the molecule is CCOc1ccccc1N/N=C1/C(=O)N(c2nc(-c3nccs3)cs2)N=C1C. The molecule has 0 spiro atoms. The number of carbonyl (C=O) groups excluding carboxylic acids is 1. The van der Waals surface area contributed by atoms with Crippen LogP contribution in [0.25, 0.3) is 10.7 Å². The molecule has 142 valence electrons. The molecule has 3 heterocycles. The van der Waals surface area contributed by atoms with Crippen molar-refractivity contribution in [3.05, 3.63) is 41.2 Å². The van der Waals surface area contributed by atoms with Crippen LogP contribution in [-0.4, -0.2) is 33.9 Å². The number of hydrogen-bond donors (Lipinski definition) is 1. The Balaban J connectivity index is 1.55. The lowest BCUT2D eigenvalue weighted by atomic mass is 10.2. The molecule has 1 aliphatic rings. The van der Waals surface area contributed by atoms with Crippen LogP contribution < -0.4 is 15.2 Å². The Labute approximate surface area is 169 Å². The molecule has 10 heteroatoms. The van der Waals surface area contributed by atoms with Crippen LogP contribution in [0, 0.1) is 0 Å². The van der Waals surface area contributed by atoms with E-state index in [9.17, 15) is 4.79 Å². The molecule has 1 amide bonds. The molecule has 0 bridgehead atoms. The van der Waals surface area contributed by atoms with E-state index in [1.54, 1.807) is 13.1 Å². The predicted octanol–water partition coefficient (Wildman–Crippen LogP) is 3.86. The second-order valence-corrected chi connectivity index (χ2v) is 7.39. The minimum absolute atomic E-state index is 0.234. The molecular weight excluding hydrogens is 396 g/mol. The van der Waals surface area contributed by atoms with Gasteiger partial charge in [-0.05, 0) is 26.0 Å². The number of ether oxygens (including phenoxy) is 1. The third kappa shape index (κ3) is 3.51. The Morgan fingerprint density at radius 3 is 2.93 bits per heavy atom. The molecule has 1 aliphatic heterocycles. The van der Waals surface area contributed by atoms with Gasteiger partial charge in [-0.1, -0.05) is 12.1 Å². The maximum Gasteiger partial charge on any atom is 0.303 e. The molecule has 0 aliphatic carbocycles. The van der Waals surface area contributed by atoms with E-state index in [1.807, 2.05) is 41.9 Å². The lowest BCUT2D eigenvalue weighted by Crippen LogP contribution is -2.27. The molecule has 1 aromatic carbocycles. The van der Waals surface area contributed by atoms with Gasteiger partial charge in [0.25, 0.3) is 0 Å². The number of thiazole rings is 2. The highest BCUT2D eigenvalue weighted by atomic mass is 32.1. The van der Waals surface area contributed by atoms with Gasteiger partial charge in [-0.25, -0.2) is 9.97 Å². The van der Waals surface area contributed by atoms with Crippen LogP contribution in [0.5, 0.6) is 5.75 Å². The quantitative estimate of drug-likeness (QED) is 0.621. The van der Waals surface area contributed by atoms with Gasteiger partial charge in [0.1, 0.15) is 16.5 Å². The molecule has 0 saturated carbocycles. The highest BCUT2D eigenvalue weighted by Crippen LogP contribution is 2.30. The van der Waals surface area contributed by atoms with Crippen LogP contribution in [0.3, 0.4) is 0 Å². The van der Waals surface area contributed by atoms with Crippen LogP contribution in [0.1, 0.15) is 13.8 Å². The van der Waals surface area contributed by atoms with Crippen LogP contribution in [-0.2, 0) is 4.79 Å². The monoisotopic (exact) mass is 412 g/mol. The summed E-state index contributed by atoms with van der Waals surface area (Å²) in [5, 5.41) is 14.9. The first-order valence-corrected chi connectivity index (χ1v) is 10.2. The second-order valence-electron chi connectivity index (χ2n) is 5.66. The number of anilines is 2. The van der Waals surface area contributed by atoms with Crippen molar-refractivity contribution in [2.45, 2.75) is 13.8 Å². The van der Waals surface area contributed by atoms with Gasteiger partial charge in [-0.15, -0.1) is 22.7 Å². The fourth-order valence-electron chi connectivity index (χ4n) is 2.52. The van der Waals surface area contributed by atoms with E-state index < -0.39 is 0 Å². The number of nitrogens with zero attached hydrogens (tertiary/aromatic N) is 5. The Kier molecular flexibility index (Phi) is 5.13. The molecule has 0 atom stereocenters. The van der Waals surface area contributed by atoms with Crippen molar-refractivity contribution in [2.24, 2.45) is 10.2 Å². The molecule has 8 nitrogen and oxygen atoms in total. The van der Waals surface area contributed by atoms with E-state index in [4.69, 9.17) is 4.74 Å². The van der Waals surface area contributed by atoms with Crippen molar-refractivity contribution in [3.63, 3.8) is 0 Å². The highest BCUT2D eigenvalue weighted by molar-refractivity contribution is 7.16. The lowest BCUT2D eigenvalue weighted by molar-refractivity contribution is -0.112. The summed E-state index contributed by atoms with van der Waals surface area (Å²) in [5.41, 5.74) is 5.06. The van der Waals surface area contributed by atoms with Gasteiger partial charge < -0.3 is 4.74 Å². The first-order valence-electron chi connectivity index (χ1n) is 8.48. The Morgan fingerprint density at radius 2 is 2.14 bits per heavy atom. The number of hydrazone groups is 2. The molecule has 4 rings (SSSR count). The number of benzene rings is 1. The van der Waals surface area contributed by atoms with Crippen LogP contribution in [0.15, 0.2) is 51.4 Å². The topological polar surface area (TPSA) is 92.1 Å². The Hall–Kier alpha value is -3.11. The fourth-order valence-corrected chi connectivity index (χ4v) is 3.95. The van der Waals surface area contributed by atoms with E-state index in [0.717, 1.165) is 10.7 Å². The summed E-state index contributed by atoms with van der Waals surface area (Å²) in [5.74, 6) is 0.332. The highest BCUT2D eigenvalue weighted by Gasteiger charge is 2.32. The summed E-state index contributed by atoms with van der Waals surface area (Å²) < 4.78 is 5.56. The van der Waals surface area contributed by atoms with Gasteiger partial charge in [-0.2, -0.15) is 15.2 Å². The lowest BCUT2D eigenvalue weighted by Gasteiger charge is -2.09. The molecule has 0 unspecified atom stereocenters. The molecule has 1 N–H and O–H groups in total. The zero-order valence-electron chi connectivity index (χ0n) is 15.1. The van der Waals surface area contributed by atoms with Crippen molar-refractivity contribution in [1.82, 2.24) is 9.97 Å². The molecule has 0 saturated heterocycles. The maximum atomic E-state index is 12.8. The van der Waals surface area contributed by atoms with Crippen molar-refractivity contribution >= 4 is 50.8 Å². The van der Waals surface area contributed by atoms with Gasteiger partial charge in [0.05, 0.1) is 18.0 Å². The van der Waals surface area contributed by atoms with Crippen LogP contribution in [0.4, 0.5) is 10.8 Å². The molecular formula is C18H16N6O2S2. The number of para-hydroxylation sites is 2. The van der Waals surface area contributed by atoms with E-state index in [1.165, 1.54) is 27.7 Å². The first-order chi connectivity index (χ1) is 13.7. The zero-order chi connectivity index (χ0) is 19.5. The van der Waals surface area contributed by atoms with Gasteiger partial charge >= 0.3 is 5.91 Å². The number of rotatable bonds is 6. The summed E-state index contributed by atoms with van der Waals surface area (Å²) in [6.45, 7) is 4.18. The van der Waals surface area contributed by atoms with E-state index in [-0.39, 0.29) is 11.6 Å². The summed E-state index contributed by atoms with van der Waals surface area (Å²) in [4.78, 5) is 21.5. The molecule has 28 heavy (non-hydrogen) atoms. The number of carbonyl (C=O) groups is 1. The normalized spacial score (nSPS) is 15.2. The van der Waals surface area contributed by atoms with Crippen molar-refractivity contribution in [3.8, 4) is 16.5 Å². The minimum atomic E-state index is -0.334. The van der Waals surface area contributed by atoms with E-state index >= 15 is 0 Å². The number of amides is 1. The predicted molar refractivity (Wildman–Crippen MR) is 112 cm³/mol. The molecule has 3 aromatic rings. The third-order valence-electron chi connectivity index (χ3n) is 3.79. The van der Waals surface area contributed by atoms with Crippen molar-refractivity contribution < 1.29 is 9.53 Å². The van der Waals surface area contributed by atoms with Crippen LogP contribution in [0.2, 0.25) is 0 Å². The Bertz CT molecular complexity index is 1060. The fraction of sp³-hybridized carbons (Fsp3) is 0.167. The summed E-state index contributed by atoms with van der Waals surface area (Å²) in [7, 11) is 0. The Morgan fingerprint density at radius 1 is 1.29 bits per heavy atom. The minimum Gasteiger partial charge on any atom is -0.492 e. The second kappa shape index (κ2) is 7.87. The van der Waals surface area contributed by atoms with Crippen molar-refractivity contribution in [2.75, 3.05) is 17.0 Å². The van der Waals surface area contributed by atoms with E-state index in [2.05, 4.69) is 25.6 Å². The summed E-state index contributed by atoms with van der Waals surface area (Å²) in [6.07, 6.45) is 1.72. The van der Waals surface area contributed by atoms with Gasteiger partial charge in [0, 0.05) is 17.0 Å². The maximum absolute atomic E-state index is 12.8. The first kappa shape index (κ1) is 18.3. The summed E-state index contributed by atoms with van der Waals surface area (Å²) >= 11 is 2.83. The number of hydrogen-bond acceptors (Lipinski definition) is 9. The van der Waals surface area contributed by atoms with Gasteiger partial charge in [0.15, 0.2) is 5.71 Å². The average molecular weight is 413 g/mol. The largest absolute Gasteiger partial charge is 0.492 e. The molecule has 0 fully saturated rings. The van der Waals surface area contributed by atoms with Crippen LogP contribution >= 0.6 is 22.7 Å². The van der Waals surface area contributed by atoms with Gasteiger partial charge in [0.2, 0.25) is 5.13 Å².